The summed E-state index contributed by atoms with van der Waals surface area (Å²) in [7, 11) is 0. The van der Waals surface area contributed by atoms with Gasteiger partial charge in [0, 0.05) is 6.42 Å². The molecule has 4 nitrogen and oxygen atoms in total. The summed E-state index contributed by atoms with van der Waals surface area (Å²) in [5, 5.41) is 2.92. The van der Waals surface area contributed by atoms with Crippen molar-refractivity contribution in [2.24, 2.45) is 0 Å². The van der Waals surface area contributed by atoms with Crippen molar-refractivity contribution in [1.29, 1.82) is 0 Å². The molecule has 0 saturated heterocycles. The summed E-state index contributed by atoms with van der Waals surface area (Å²) in [6.45, 7) is 7.58. The molecule has 1 N–H and O–H groups in total. The minimum Gasteiger partial charge on any atom is -0.463 e. The molecule has 0 fully saturated rings. The second kappa shape index (κ2) is 8.45. The van der Waals surface area contributed by atoms with Gasteiger partial charge >= 0.3 is 5.97 Å². The lowest BCUT2D eigenvalue weighted by Crippen LogP contribution is -2.30. The van der Waals surface area contributed by atoms with E-state index < -0.39 is 0 Å². The number of carbonyl (C=O) groups excluding carboxylic acids is 2. The number of esters is 1. The van der Waals surface area contributed by atoms with E-state index in [-0.39, 0.29) is 30.4 Å². The molecule has 1 atom stereocenters. The zero-order valence-electron chi connectivity index (χ0n) is 13.3. The smallest absolute Gasteiger partial charge is 0.308 e. The number of carbonyl (C=O) groups is 2. The maximum Gasteiger partial charge on any atom is 0.308 e. The second-order valence-electron chi connectivity index (χ2n) is 5.52. The van der Waals surface area contributed by atoms with Crippen molar-refractivity contribution >= 4 is 11.9 Å². The van der Waals surface area contributed by atoms with Crippen molar-refractivity contribution in [2.45, 2.75) is 59.1 Å². The van der Waals surface area contributed by atoms with Gasteiger partial charge in [-0.3, -0.25) is 9.59 Å². The van der Waals surface area contributed by atoms with Gasteiger partial charge in [0.2, 0.25) is 5.91 Å². The predicted molar refractivity (Wildman–Crippen MR) is 82.8 cm³/mol. The Morgan fingerprint density at radius 1 is 1.19 bits per heavy atom. The Hall–Kier alpha value is -1.84. The summed E-state index contributed by atoms with van der Waals surface area (Å²) >= 11 is 0. The molecule has 0 heterocycles. The van der Waals surface area contributed by atoms with Crippen LogP contribution >= 0.6 is 0 Å². The van der Waals surface area contributed by atoms with Crippen LogP contribution < -0.4 is 5.32 Å². The van der Waals surface area contributed by atoms with Gasteiger partial charge in [0.05, 0.1) is 18.6 Å². The number of aryl methyl sites for hydroxylation is 1. The third-order valence-corrected chi connectivity index (χ3v) is 3.03. The van der Waals surface area contributed by atoms with E-state index >= 15 is 0 Å². The average molecular weight is 291 g/mol. The van der Waals surface area contributed by atoms with Gasteiger partial charge in [-0.1, -0.05) is 36.8 Å². The van der Waals surface area contributed by atoms with Gasteiger partial charge in [0.1, 0.15) is 0 Å². The van der Waals surface area contributed by atoms with Crippen LogP contribution in [-0.2, 0) is 14.3 Å². The van der Waals surface area contributed by atoms with Crippen LogP contribution in [0.3, 0.4) is 0 Å². The fourth-order valence-electron chi connectivity index (χ4n) is 2.02. The molecule has 0 radical (unpaired) electrons. The van der Waals surface area contributed by atoms with Gasteiger partial charge in [0.15, 0.2) is 0 Å². The van der Waals surface area contributed by atoms with Crippen molar-refractivity contribution in [2.75, 3.05) is 0 Å². The topological polar surface area (TPSA) is 55.4 Å². The van der Waals surface area contributed by atoms with Crippen LogP contribution in [0.4, 0.5) is 0 Å². The maximum absolute atomic E-state index is 11.9. The number of hydrogen-bond acceptors (Lipinski definition) is 3. The molecule has 4 heteroatoms. The van der Waals surface area contributed by atoms with Gasteiger partial charge in [-0.2, -0.15) is 0 Å². The number of hydrogen-bond donors (Lipinski definition) is 1. The van der Waals surface area contributed by atoms with Gasteiger partial charge in [0.25, 0.3) is 0 Å². The molecule has 0 spiro atoms. The number of rotatable bonds is 7. The Labute approximate surface area is 126 Å². The lowest BCUT2D eigenvalue weighted by molar-refractivity contribution is -0.148. The molecule has 1 unspecified atom stereocenters. The molecule has 1 amide bonds. The number of nitrogens with one attached hydrogen (secondary N) is 1. The van der Waals surface area contributed by atoms with E-state index in [2.05, 4.69) is 5.32 Å². The minimum absolute atomic E-state index is 0.0413. The van der Waals surface area contributed by atoms with Gasteiger partial charge in [-0.15, -0.1) is 0 Å². The van der Waals surface area contributed by atoms with Crippen LogP contribution in [0.2, 0.25) is 0 Å². The molecular formula is C17H25NO3. The Morgan fingerprint density at radius 3 is 2.33 bits per heavy atom. The third kappa shape index (κ3) is 6.43. The highest BCUT2D eigenvalue weighted by molar-refractivity contribution is 5.78. The number of amides is 1. The van der Waals surface area contributed by atoms with Crippen molar-refractivity contribution < 1.29 is 14.3 Å². The highest BCUT2D eigenvalue weighted by Crippen LogP contribution is 2.19. The van der Waals surface area contributed by atoms with E-state index in [4.69, 9.17) is 4.74 Å². The molecule has 0 aliphatic carbocycles. The fraction of sp³-hybridized carbons (Fsp3) is 0.529. The van der Waals surface area contributed by atoms with E-state index in [0.717, 1.165) is 17.5 Å². The first-order valence-corrected chi connectivity index (χ1v) is 7.47. The normalized spacial score (nSPS) is 12.0. The number of ether oxygens (including phenoxy) is 1. The Morgan fingerprint density at radius 2 is 1.81 bits per heavy atom. The van der Waals surface area contributed by atoms with Crippen molar-refractivity contribution in [3.8, 4) is 0 Å². The highest BCUT2D eigenvalue weighted by Gasteiger charge is 2.19. The lowest BCUT2D eigenvalue weighted by atomic mass is 10.0. The monoisotopic (exact) mass is 291 g/mol. The summed E-state index contributed by atoms with van der Waals surface area (Å²) < 4.78 is 5.18. The Balaban J connectivity index is 2.81. The molecule has 1 aromatic carbocycles. The molecule has 1 aromatic rings. The highest BCUT2D eigenvalue weighted by atomic mass is 16.5. The van der Waals surface area contributed by atoms with Gasteiger partial charge in [-0.25, -0.2) is 0 Å². The molecule has 0 saturated carbocycles. The summed E-state index contributed by atoms with van der Waals surface area (Å²) in [5.74, 6) is -0.340. The first-order chi connectivity index (χ1) is 9.92. The summed E-state index contributed by atoms with van der Waals surface area (Å²) in [4.78, 5) is 23.7. The summed E-state index contributed by atoms with van der Waals surface area (Å²) in [5.41, 5.74) is 2.06. The SMILES string of the molecule is CCCC(=O)NC(CC(=O)OC(C)C)c1ccc(C)cc1. The summed E-state index contributed by atoms with van der Waals surface area (Å²) in [6, 6.07) is 7.49. The minimum atomic E-state index is -0.337. The van der Waals surface area contributed by atoms with E-state index in [1.165, 1.54) is 0 Å². The molecular weight excluding hydrogens is 266 g/mol. The quantitative estimate of drug-likeness (QED) is 0.784. The third-order valence-electron chi connectivity index (χ3n) is 3.03. The fourth-order valence-corrected chi connectivity index (χ4v) is 2.02. The average Bonchev–Trinajstić information content (AvgIpc) is 2.38. The molecule has 1 rings (SSSR count). The Kier molecular flexibility index (Phi) is 6.92. The maximum atomic E-state index is 11.9. The molecule has 0 aliphatic heterocycles. The van der Waals surface area contributed by atoms with Crippen LogP contribution in [-0.4, -0.2) is 18.0 Å². The molecule has 116 valence electrons. The van der Waals surface area contributed by atoms with E-state index in [1.54, 1.807) is 0 Å². The zero-order chi connectivity index (χ0) is 15.8. The zero-order valence-corrected chi connectivity index (χ0v) is 13.3. The van der Waals surface area contributed by atoms with Crippen molar-refractivity contribution in [1.82, 2.24) is 5.32 Å². The van der Waals surface area contributed by atoms with Gasteiger partial charge in [-0.05, 0) is 32.8 Å². The van der Waals surface area contributed by atoms with Gasteiger partial charge < -0.3 is 10.1 Å². The molecule has 0 aromatic heterocycles. The lowest BCUT2D eigenvalue weighted by Gasteiger charge is -2.19. The van der Waals surface area contributed by atoms with Crippen molar-refractivity contribution in [3.63, 3.8) is 0 Å². The van der Waals surface area contributed by atoms with Crippen LogP contribution in [0, 0.1) is 6.92 Å². The molecule has 0 bridgehead atoms. The second-order valence-corrected chi connectivity index (χ2v) is 5.52. The van der Waals surface area contributed by atoms with Crippen LogP contribution in [0.25, 0.3) is 0 Å². The molecule has 0 aliphatic rings. The first kappa shape index (κ1) is 17.2. The van der Waals surface area contributed by atoms with Crippen molar-refractivity contribution in [3.05, 3.63) is 35.4 Å². The van der Waals surface area contributed by atoms with Crippen LogP contribution in [0.15, 0.2) is 24.3 Å². The number of benzene rings is 1. The van der Waals surface area contributed by atoms with E-state index in [1.807, 2.05) is 52.0 Å². The largest absolute Gasteiger partial charge is 0.463 e. The predicted octanol–water partition coefficient (Wildman–Crippen LogP) is 3.29. The molecule has 21 heavy (non-hydrogen) atoms. The van der Waals surface area contributed by atoms with Crippen LogP contribution in [0.1, 0.15) is 57.2 Å². The standard InChI is InChI=1S/C17H25NO3/c1-5-6-16(19)18-15(11-17(20)21-12(2)3)14-9-7-13(4)8-10-14/h7-10,12,15H,5-6,11H2,1-4H3,(H,18,19). The van der Waals surface area contributed by atoms with E-state index in [9.17, 15) is 9.59 Å². The Bertz CT molecular complexity index is 465. The summed E-state index contributed by atoms with van der Waals surface area (Å²) in [6.07, 6.45) is 1.24. The van der Waals surface area contributed by atoms with Crippen LogP contribution in [0.5, 0.6) is 0 Å². The van der Waals surface area contributed by atoms with E-state index in [0.29, 0.717) is 6.42 Å². The first-order valence-electron chi connectivity index (χ1n) is 7.47.